The van der Waals surface area contributed by atoms with Crippen molar-refractivity contribution < 1.29 is 9.90 Å². The first kappa shape index (κ1) is 14.1. The molecule has 0 aliphatic carbocycles. The van der Waals surface area contributed by atoms with Gasteiger partial charge in [-0.2, -0.15) is 0 Å². The molecule has 20 heavy (non-hydrogen) atoms. The van der Waals surface area contributed by atoms with Crippen LogP contribution in [0.25, 0.3) is 11.3 Å². The van der Waals surface area contributed by atoms with Gasteiger partial charge in [-0.05, 0) is 12.0 Å². The van der Waals surface area contributed by atoms with Crippen LogP contribution < -0.4 is 10.6 Å². The van der Waals surface area contributed by atoms with Gasteiger partial charge in [-0.3, -0.25) is 0 Å². The summed E-state index contributed by atoms with van der Waals surface area (Å²) in [6, 6.07) is 9.60. The van der Waals surface area contributed by atoms with Crippen LogP contribution >= 0.6 is 0 Å². The average Bonchev–Trinajstić information content (AvgIpc) is 2.95. The van der Waals surface area contributed by atoms with Crippen molar-refractivity contribution >= 4 is 6.03 Å². The molecule has 0 fully saturated rings. The Morgan fingerprint density at radius 2 is 2.05 bits per heavy atom. The molecule has 1 heterocycles. The molecule has 0 unspecified atom stereocenters. The minimum Gasteiger partial charge on any atom is -0.396 e. The molecule has 6 nitrogen and oxygen atoms in total. The maximum absolute atomic E-state index is 11.4. The molecule has 0 aliphatic rings. The number of H-pyrrole nitrogens is 1. The van der Waals surface area contributed by atoms with Crippen molar-refractivity contribution in [1.29, 1.82) is 0 Å². The van der Waals surface area contributed by atoms with Crippen LogP contribution in [0.15, 0.2) is 36.5 Å². The molecule has 0 saturated heterocycles. The Labute approximate surface area is 117 Å². The molecule has 2 rings (SSSR count). The summed E-state index contributed by atoms with van der Waals surface area (Å²) in [5, 5.41) is 13.9. The summed E-state index contributed by atoms with van der Waals surface area (Å²) in [4.78, 5) is 18.8. The van der Waals surface area contributed by atoms with E-state index < -0.39 is 0 Å². The Bertz CT molecular complexity index is 539. The molecule has 0 atom stereocenters. The monoisotopic (exact) mass is 274 g/mol. The smallest absolute Gasteiger partial charge is 0.315 e. The SMILES string of the molecule is O=C(NCCCO)NCc1ncc(-c2ccccc2)[nH]1. The highest BCUT2D eigenvalue weighted by molar-refractivity contribution is 5.73. The lowest BCUT2D eigenvalue weighted by molar-refractivity contribution is 0.237. The molecule has 0 radical (unpaired) electrons. The first-order chi connectivity index (χ1) is 9.79. The molecular formula is C14H18N4O2. The number of hydrogen-bond donors (Lipinski definition) is 4. The van der Waals surface area contributed by atoms with Crippen LogP contribution in [0.4, 0.5) is 4.79 Å². The van der Waals surface area contributed by atoms with E-state index in [9.17, 15) is 4.79 Å². The first-order valence-corrected chi connectivity index (χ1v) is 6.51. The second kappa shape index (κ2) is 7.30. The van der Waals surface area contributed by atoms with Gasteiger partial charge in [0.15, 0.2) is 0 Å². The number of carbonyl (C=O) groups is 1. The van der Waals surface area contributed by atoms with Crippen LogP contribution in [0.2, 0.25) is 0 Å². The van der Waals surface area contributed by atoms with Crippen molar-refractivity contribution in [3.05, 3.63) is 42.4 Å². The Kier molecular flexibility index (Phi) is 5.14. The van der Waals surface area contributed by atoms with Crippen molar-refractivity contribution in [3.8, 4) is 11.3 Å². The predicted octanol–water partition coefficient (Wildman–Crippen LogP) is 1.26. The Morgan fingerprint density at radius 3 is 2.80 bits per heavy atom. The number of aromatic nitrogens is 2. The number of aromatic amines is 1. The number of imidazole rings is 1. The van der Waals surface area contributed by atoms with Gasteiger partial charge >= 0.3 is 6.03 Å². The summed E-state index contributed by atoms with van der Waals surface area (Å²) < 4.78 is 0. The summed E-state index contributed by atoms with van der Waals surface area (Å²) in [6.07, 6.45) is 2.29. The Hall–Kier alpha value is -2.34. The molecule has 0 bridgehead atoms. The number of carbonyl (C=O) groups excluding carboxylic acids is 1. The maximum atomic E-state index is 11.4. The minimum atomic E-state index is -0.267. The van der Waals surface area contributed by atoms with Crippen LogP contribution in [0.3, 0.4) is 0 Å². The zero-order valence-corrected chi connectivity index (χ0v) is 11.1. The fourth-order valence-corrected chi connectivity index (χ4v) is 1.72. The topological polar surface area (TPSA) is 90.0 Å². The van der Waals surface area contributed by atoms with Gasteiger partial charge in [0, 0.05) is 13.2 Å². The highest BCUT2D eigenvalue weighted by Gasteiger charge is 2.04. The second-order valence-corrected chi connectivity index (χ2v) is 4.30. The van der Waals surface area contributed by atoms with E-state index in [2.05, 4.69) is 20.6 Å². The third-order valence-corrected chi connectivity index (χ3v) is 2.75. The van der Waals surface area contributed by atoms with E-state index >= 15 is 0 Å². The van der Waals surface area contributed by atoms with Crippen molar-refractivity contribution in [2.75, 3.05) is 13.2 Å². The van der Waals surface area contributed by atoms with Crippen LogP contribution in [-0.4, -0.2) is 34.3 Å². The highest BCUT2D eigenvalue weighted by Crippen LogP contribution is 2.15. The molecule has 2 aromatic rings. The zero-order valence-electron chi connectivity index (χ0n) is 11.1. The van der Waals surface area contributed by atoms with Crippen molar-refractivity contribution in [3.63, 3.8) is 0 Å². The summed E-state index contributed by atoms with van der Waals surface area (Å²) in [5.41, 5.74) is 1.97. The van der Waals surface area contributed by atoms with Crippen molar-refractivity contribution in [1.82, 2.24) is 20.6 Å². The number of aliphatic hydroxyl groups excluding tert-OH is 1. The van der Waals surface area contributed by atoms with Crippen LogP contribution in [0.5, 0.6) is 0 Å². The molecule has 0 saturated carbocycles. The van der Waals surface area contributed by atoms with E-state index in [-0.39, 0.29) is 12.6 Å². The molecule has 0 spiro atoms. The molecule has 6 heteroatoms. The van der Waals surface area contributed by atoms with Crippen LogP contribution in [0, 0.1) is 0 Å². The van der Waals surface area contributed by atoms with E-state index in [1.807, 2.05) is 30.3 Å². The van der Waals surface area contributed by atoms with Gasteiger partial charge in [0.1, 0.15) is 5.82 Å². The number of amides is 2. The molecule has 1 aromatic heterocycles. The number of hydrogen-bond acceptors (Lipinski definition) is 3. The molecular weight excluding hydrogens is 256 g/mol. The minimum absolute atomic E-state index is 0.0684. The molecule has 106 valence electrons. The van der Waals surface area contributed by atoms with Gasteiger partial charge in [-0.1, -0.05) is 30.3 Å². The second-order valence-electron chi connectivity index (χ2n) is 4.30. The number of nitrogens with one attached hydrogen (secondary N) is 3. The predicted molar refractivity (Wildman–Crippen MR) is 76.0 cm³/mol. The molecule has 0 aliphatic heterocycles. The molecule has 2 amide bonds. The summed E-state index contributed by atoms with van der Waals surface area (Å²) in [7, 11) is 0. The number of rotatable bonds is 6. The van der Waals surface area contributed by atoms with Crippen molar-refractivity contribution in [2.24, 2.45) is 0 Å². The van der Waals surface area contributed by atoms with E-state index in [1.165, 1.54) is 0 Å². The first-order valence-electron chi connectivity index (χ1n) is 6.51. The van der Waals surface area contributed by atoms with Crippen LogP contribution in [-0.2, 0) is 6.54 Å². The average molecular weight is 274 g/mol. The summed E-state index contributed by atoms with van der Waals surface area (Å²) in [5.74, 6) is 0.696. The van der Waals surface area contributed by atoms with Gasteiger partial charge in [0.05, 0.1) is 18.4 Å². The van der Waals surface area contributed by atoms with Crippen molar-refractivity contribution in [2.45, 2.75) is 13.0 Å². The third-order valence-electron chi connectivity index (χ3n) is 2.75. The fraction of sp³-hybridized carbons (Fsp3) is 0.286. The maximum Gasteiger partial charge on any atom is 0.315 e. The largest absolute Gasteiger partial charge is 0.396 e. The number of benzene rings is 1. The number of urea groups is 1. The summed E-state index contributed by atoms with van der Waals surface area (Å²) in [6.45, 7) is 0.854. The van der Waals surface area contributed by atoms with E-state index in [4.69, 9.17) is 5.11 Å². The molecule has 4 N–H and O–H groups in total. The Balaban J connectivity index is 1.83. The van der Waals surface area contributed by atoms with Gasteiger partial charge in [-0.25, -0.2) is 9.78 Å². The van der Waals surface area contributed by atoms with E-state index in [0.717, 1.165) is 11.3 Å². The standard InChI is InChI=1S/C14H18N4O2/c19-8-4-7-15-14(20)17-10-13-16-9-12(18-13)11-5-2-1-3-6-11/h1-3,5-6,9,19H,4,7-8,10H2,(H,16,18)(H2,15,17,20). The Morgan fingerprint density at radius 1 is 1.25 bits per heavy atom. The lowest BCUT2D eigenvalue weighted by atomic mass is 10.2. The van der Waals surface area contributed by atoms with E-state index in [0.29, 0.717) is 25.3 Å². The van der Waals surface area contributed by atoms with Gasteiger partial charge in [0.25, 0.3) is 0 Å². The van der Waals surface area contributed by atoms with Gasteiger partial charge < -0.3 is 20.7 Å². The van der Waals surface area contributed by atoms with Gasteiger partial charge in [-0.15, -0.1) is 0 Å². The van der Waals surface area contributed by atoms with Crippen LogP contribution in [0.1, 0.15) is 12.2 Å². The lowest BCUT2D eigenvalue weighted by Gasteiger charge is -2.05. The number of aliphatic hydroxyl groups is 1. The quantitative estimate of drug-likeness (QED) is 0.598. The number of nitrogens with zero attached hydrogens (tertiary/aromatic N) is 1. The fourth-order valence-electron chi connectivity index (χ4n) is 1.72. The van der Waals surface area contributed by atoms with Gasteiger partial charge in [0.2, 0.25) is 0 Å². The summed E-state index contributed by atoms with van der Waals surface area (Å²) >= 11 is 0. The highest BCUT2D eigenvalue weighted by atomic mass is 16.3. The normalized spacial score (nSPS) is 10.2. The molecule has 1 aromatic carbocycles. The van der Waals surface area contributed by atoms with E-state index in [1.54, 1.807) is 6.20 Å². The lowest BCUT2D eigenvalue weighted by Crippen LogP contribution is -2.36. The zero-order chi connectivity index (χ0) is 14.2. The third kappa shape index (κ3) is 4.10.